The van der Waals surface area contributed by atoms with Gasteiger partial charge in [0.15, 0.2) is 0 Å². The van der Waals surface area contributed by atoms with E-state index in [0.717, 1.165) is 37.5 Å². The highest BCUT2D eigenvalue weighted by molar-refractivity contribution is 5.02. The van der Waals surface area contributed by atoms with Crippen LogP contribution in [0.1, 0.15) is 45.4 Å². The highest BCUT2D eigenvalue weighted by Gasteiger charge is 2.31. The van der Waals surface area contributed by atoms with Gasteiger partial charge in [-0.2, -0.15) is 0 Å². The molecule has 0 aromatic carbocycles. The Morgan fingerprint density at radius 2 is 2.19 bits per heavy atom. The fourth-order valence-corrected chi connectivity index (χ4v) is 2.62. The van der Waals surface area contributed by atoms with Crippen LogP contribution in [0.25, 0.3) is 0 Å². The van der Waals surface area contributed by atoms with Crippen LogP contribution in [0.15, 0.2) is 12.4 Å². The van der Waals surface area contributed by atoms with Gasteiger partial charge in [-0.3, -0.25) is 0 Å². The molecule has 2 N–H and O–H groups in total. The van der Waals surface area contributed by atoms with Crippen LogP contribution in [0.2, 0.25) is 0 Å². The minimum atomic E-state index is -0.00914. The largest absolute Gasteiger partial charge is 0.335 e. The molecule has 0 unspecified atom stereocenters. The van der Waals surface area contributed by atoms with Gasteiger partial charge in [-0.05, 0) is 38.5 Å². The van der Waals surface area contributed by atoms with E-state index >= 15 is 0 Å². The molecule has 1 aromatic heterocycles. The van der Waals surface area contributed by atoms with Gasteiger partial charge in [-0.15, -0.1) is 0 Å². The van der Waals surface area contributed by atoms with Gasteiger partial charge in [-0.1, -0.05) is 6.92 Å². The second kappa shape index (κ2) is 4.58. The molecule has 0 radical (unpaired) electrons. The first-order valence-corrected chi connectivity index (χ1v) is 6.42. The number of aryl methyl sites for hydroxylation is 1. The number of nitrogens with two attached hydrogens (primary N) is 1. The van der Waals surface area contributed by atoms with Gasteiger partial charge >= 0.3 is 0 Å². The topological polar surface area (TPSA) is 43.8 Å². The molecular formula is C13H23N3. The SMILES string of the molecule is CCn1ccnc1CC1(N)CCC(C)CC1. The molecule has 0 amide bonds. The predicted molar refractivity (Wildman–Crippen MR) is 66.2 cm³/mol. The molecule has 0 bridgehead atoms. The number of imidazole rings is 1. The fourth-order valence-electron chi connectivity index (χ4n) is 2.62. The second-order valence-corrected chi connectivity index (χ2v) is 5.35. The third-order valence-electron chi connectivity index (χ3n) is 3.92. The zero-order valence-electron chi connectivity index (χ0n) is 10.4. The van der Waals surface area contributed by atoms with Crippen LogP contribution in [-0.4, -0.2) is 15.1 Å². The minimum Gasteiger partial charge on any atom is -0.335 e. The van der Waals surface area contributed by atoms with Gasteiger partial charge in [0.2, 0.25) is 0 Å². The van der Waals surface area contributed by atoms with Gasteiger partial charge < -0.3 is 10.3 Å². The monoisotopic (exact) mass is 221 g/mol. The van der Waals surface area contributed by atoms with E-state index in [2.05, 4.69) is 23.4 Å². The number of rotatable bonds is 3. The van der Waals surface area contributed by atoms with E-state index in [0.29, 0.717) is 0 Å². The number of aromatic nitrogens is 2. The lowest BCUT2D eigenvalue weighted by Gasteiger charge is -2.36. The summed E-state index contributed by atoms with van der Waals surface area (Å²) >= 11 is 0. The molecule has 1 saturated carbocycles. The lowest BCUT2D eigenvalue weighted by Crippen LogP contribution is -2.45. The third-order valence-corrected chi connectivity index (χ3v) is 3.92. The third kappa shape index (κ3) is 2.46. The average molecular weight is 221 g/mol. The zero-order valence-corrected chi connectivity index (χ0v) is 10.4. The van der Waals surface area contributed by atoms with Crippen LogP contribution in [0.5, 0.6) is 0 Å². The molecule has 0 atom stereocenters. The molecule has 2 rings (SSSR count). The summed E-state index contributed by atoms with van der Waals surface area (Å²) in [6, 6.07) is 0. The minimum absolute atomic E-state index is 0.00914. The van der Waals surface area contributed by atoms with Gasteiger partial charge in [0.05, 0.1) is 0 Å². The molecule has 1 heterocycles. The van der Waals surface area contributed by atoms with Crippen LogP contribution in [0.3, 0.4) is 0 Å². The average Bonchev–Trinajstić information content (AvgIpc) is 2.70. The first-order valence-electron chi connectivity index (χ1n) is 6.42. The molecule has 3 heteroatoms. The van der Waals surface area contributed by atoms with Crippen LogP contribution in [-0.2, 0) is 13.0 Å². The molecular weight excluding hydrogens is 198 g/mol. The van der Waals surface area contributed by atoms with Crippen LogP contribution in [0, 0.1) is 5.92 Å². The summed E-state index contributed by atoms with van der Waals surface area (Å²) in [5, 5.41) is 0. The Balaban J connectivity index is 2.03. The molecule has 1 aliphatic rings. The normalized spacial score (nSPS) is 30.6. The van der Waals surface area contributed by atoms with E-state index < -0.39 is 0 Å². The van der Waals surface area contributed by atoms with E-state index in [1.807, 2.05) is 12.4 Å². The number of hydrogen-bond donors (Lipinski definition) is 1. The lowest BCUT2D eigenvalue weighted by atomic mass is 9.76. The Bertz CT molecular complexity index is 335. The molecule has 3 nitrogen and oxygen atoms in total. The Kier molecular flexibility index (Phi) is 3.33. The molecule has 0 aliphatic heterocycles. The van der Waals surface area contributed by atoms with Crippen molar-refractivity contribution in [2.24, 2.45) is 11.7 Å². The van der Waals surface area contributed by atoms with Gasteiger partial charge in [0.25, 0.3) is 0 Å². The summed E-state index contributed by atoms with van der Waals surface area (Å²) in [7, 11) is 0. The molecule has 1 fully saturated rings. The lowest BCUT2D eigenvalue weighted by molar-refractivity contribution is 0.239. The van der Waals surface area contributed by atoms with E-state index in [9.17, 15) is 0 Å². The first-order chi connectivity index (χ1) is 7.63. The van der Waals surface area contributed by atoms with Crippen molar-refractivity contribution < 1.29 is 0 Å². The van der Waals surface area contributed by atoms with Crippen molar-refractivity contribution in [2.45, 2.75) is 58.0 Å². The van der Waals surface area contributed by atoms with Gasteiger partial charge in [0, 0.05) is 30.9 Å². The number of nitrogens with zero attached hydrogens (tertiary/aromatic N) is 2. The van der Waals surface area contributed by atoms with Crippen molar-refractivity contribution >= 4 is 0 Å². The summed E-state index contributed by atoms with van der Waals surface area (Å²) in [6.45, 7) is 5.46. The molecule has 16 heavy (non-hydrogen) atoms. The van der Waals surface area contributed by atoms with Crippen molar-refractivity contribution in [3.05, 3.63) is 18.2 Å². The quantitative estimate of drug-likeness (QED) is 0.851. The molecule has 0 spiro atoms. The van der Waals surface area contributed by atoms with Crippen LogP contribution < -0.4 is 5.73 Å². The van der Waals surface area contributed by atoms with E-state index in [1.165, 1.54) is 12.8 Å². The maximum Gasteiger partial charge on any atom is 0.110 e. The zero-order chi connectivity index (χ0) is 11.6. The Labute approximate surface area is 98.1 Å². The maximum atomic E-state index is 6.48. The summed E-state index contributed by atoms with van der Waals surface area (Å²) in [5.74, 6) is 2.00. The first kappa shape index (κ1) is 11.6. The van der Waals surface area contributed by atoms with E-state index in [-0.39, 0.29) is 5.54 Å². The van der Waals surface area contributed by atoms with Crippen molar-refractivity contribution in [2.75, 3.05) is 0 Å². The van der Waals surface area contributed by atoms with Crippen molar-refractivity contribution in [3.63, 3.8) is 0 Å². The smallest absolute Gasteiger partial charge is 0.110 e. The summed E-state index contributed by atoms with van der Waals surface area (Å²) in [5.41, 5.74) is 6.47. The Morgan fingerprint density at radius 1 is 1.50 bits per heavy atom. The second-order valence-electron chi connectivity index (χ2n) is 5.35. The van der Waals surface area contributed by atoms with Gasteiger partial charge in [0.1, 0.15) is 5.82 Å². The highest BCUT2D eigenvalue weighted by Crippen LogP contribution is 2.32. The Morgan fingerprint density at radius 3 is 2.81 bits per heavy atom. The van der Waals surface area contributed by atoms with Crippen molar-refractivity contribution in [1.29, 1.82) is 0 Å². The summed E-state index contributed by atoms with van der Waals surface area (Å²) < 4.78 is 2.20. The van der Waals surface area contributed by atoms with Crippen molar-refractivity contribution in [1.82, 2.24) is 9.55 Å². The maximum absolute atomic E-state index is 6.48. The van der Waals surface area contributed by atoms with Gasteiger partial charge in [-0.25, -0.2) is 4.98 Å². The summed E-state index contributed by atoms with van der Waals surface area (Å²) in [6.07, 6.45) is 9.68. The highest BCUT2D eigenvalue weighted by atomic mass is 15.1. The van der Waals surface area contributed by atoms with Crippen molar-refractivity contribution in [3.8, 4) is 0 Å². The van der Waals surface area contributed by atoms with E-state index in [1.54, 1.807) is 0 Å². The molecule has 0 saturated heterocycles. The van der Waals surface area contributed by atoms with Crippen LogP contribution >= 0.6 is 0 Å². The molecule has 1 aromatic rings. The van der Waals surface area contributed by atoms with Crippen LogP contribution in [0.4, 0.5) is 0 Å². The van der Waals surface area contributed by atoms with E-state index in [4.69, 9.17) is 5.73 Å². The summed E-state index contributed by atoms with van der Waals surface area (Å²) in [4.78, 5) is 4.43. The standard InChI is InChI=1S/C13H23N3/c1-3-16-9-8-15-12(16)10-13(14)6-4-11(2)5-7-13/h8-9,11H,3-7,10,14H2,1-2H3. The predicted octanol–water partition coefficient (Wildman–Crippen LogP) is 2.35. The Hall–Kier alpha value is -0.830. The molecule has 90 valence electrons. The molecule has 1 aliphatic carbocycles. The fraction of sp³-hybridized carbons (Fsp3) is 0.769. The number of hydrogen-bond acceptors (Lipinski definition) is 2.